The van der Waals surface area contributed by atoms with Crippen LogP contribution in [0.1, 0.15) is 12.8 Å². The molecule has 2 aromatic rings. The summed E-state index contributed by atoms with van der Waals surface area (Å²) in [6.45, 7) is 0. The van der Waals surface area contributed by atoms with E-state index in [1.165, 1.54) is 0 Å². The predicted molar refractivity (Wildman–Crippen MR) is 59.3 cm³/mol. The van der Waals surface area contributed by atoms with Crippen LogP contribution in [0.5, 0.6) is 0 Å². The molecular weight excluding hydrogens is 230 g/mol. The van der Waals surface area contributed by atoms with E-state index in [2.05, 4.69) is 25.3 Å². The van der Waals surface area contributed by atoms with Gasteiger partial charge in [0.25, 0.3) is 0 Å². The zero-order valence-electron chi connectivity index (χ0n) is 8.31. The molecule has 3 rings (SSSR count). The van der Waals surface area contributed by atoms with Gasteiger partial charge in [0, 0.05) is 6.04 Å². The molecule has 1 aliphatic rings. The average Bonchev–Trinajstić information content (AvgIpc) is 2.62. The fourth-order valence-corrected chi connectivity index (χ4v) is 1.97. The van der Waals surface area contributed by atoms with Crippen molar-refractivity contribution >= 4 is 28.6 Å². The van der Waals surface area contributed by atoms with E-state index in [1.54, 1.807) is 6.33 Å². The van der Waals surface area contributed by atoms with E-state index in [4.69, 9.17) is 11.6 Å². The number of aromatic nitrogens is 4. The number of H-pyrrole nitrogens is 1. The summed E-state index contributed by atoms with van der Waals surface area (Å²) in [5.41, 5.74) is 1.29. The molecule has 2 aromatic heterocycles. The Hall–Kier alpha value is -1.40. The van der Waals surface area contributed by atoms with Crippen LogP contribution in [0.3, 0.4) is 0 Å². The number of imidazole rings is 1. The molecule has 0 spiro atoms. The van der Waals surface area contributed by atoms with Gasteiger partial charge in [-0.1, -0.05) is 0 Å². The number of halogens is 1. The normalized spacial score (nSPS) is 24.4. The second-order valence-electron chi connectivity index (χ2n) is 3.91. The number of aliphatic hydroxyl groups is 1. The minimum Gasteiger partial charge on any atom is -0.393 e. The van der Waals surface area contributed by atoms with Gasteiger partial charge >= 0.3 is 0 Å². The zero-order chi connectivity index (χ0) is 11.1. The van der Waals surface area contributed by atoms with E-state index < -0.39 is 0 Å². The van der Waals surface area contributed by atoms with Crippen LogP contribution in [0, 0.1) is 0 Å². The number of rotatable bonds is 2. The highest BCUT2D eigenvalue weighted by Gasteiger charge is 2.28. The number of aromatic amines is 1. The van der Waals surface area contributed by atoms with Crippen LogP contribution in [0.25, 0.3) is 11.2 Å². The minimum absolute atomic E-state index is 0.168. The maximum atomic E-state index is 9.21. The topological polar surface area (TPSA) is 86.7 Å². The van der Waals surface area contributed by atoms with E-state index in [-0.39, 0.29) is 17.4 Å². The molecule has 16 heavy (non-hydrogen) atoms. The number of anilines is 1. The molecule has 0 bridgehead atoms. The van der Waals surface area contributed by atoms with Crippen LogP contribution < -0.4 is 5.32 Å². The molecule has 1 aliphatic carbocycles. The average molecular weight is 240 g/mol. The first-order valence-electron chi connectivity index (χ1n) is 5.03. The third kappa shape index (κ3) is 1.60. The van der Waals surface area contributed by atoms with Crippen molar-refractivity contribution in [1.29, 1.82) is 0 Å². The maximum absolute atomic E-state index is 9.21. The molecule has 3 N–H and O–H groups in total. The predicted octanol–water partition coefficient (Wildman–Crippen LogP) is 0.941. The summed E-state index contributed by atoms with van der Waals surface area (Å²) in [5.74, 6) is 0.643. The first-order valence-corrected chi connectivity index (χ1v) is 5.41. The fraction of sp³-hybridized carbons (Fsp3) is 0.444. The minimum atomic E-state index is -0.202. The molecule has 2 heterocycles. The summed E-state index contributed by atoms with van der Waals surface area (Å²) in [6, 6.07) is 0.243. The van der Waals surface area contributed by atoms with Gasteiger partial charge in [-0.25, -0.2) is 4.98 Å². The van der Waals surface area contributed by atoms with Gasteiger partial charge in [-0.2, -0.15) is 9.97 Å². The Morgan fingerprint density at radius 2 is 2.25 bits per heavy atom. The van der Waals surface area contributed by atoms with Gasteiger partial charge in [-0.3, -0.25) is 0 Å². The van der Waals surface area contributed by atoms with Crippen LogP contribution in [0.2, 0.25) is 5.28 Å². The SMILES string of the molecule is OC1CC(Nc2nc(Cl)nc3nc[nH]c23)C1. The van der Waals surface area contributed by atoms with Gasteiger partial charge in [0.15, 0.2) is 11.5 Å². The van der Waals surface area contributed by atoms with Gasteiger partial charge in [0.2, 0.25) is 5.28 Å². The summed E-state index contributed by atoms with van der Waals surface area (Å²) in [5, 5.41) is 12.6. The second-order valence-corrected chi connectivity index (χ2v) is 4.25. The van der Waals surface area contributed by atoms with Crippen molar-refractivity contribution in [2.45, 2.75) is 25.0 Å². The number of hydrogen-bond donors (Lipinski definition) is 3. The molecule has 1 fully saturated rings. The Balaban J connectivity index is 1.92. The highest BCUT2D eigenvalue weighted by molar-refractivity contribution is 6.28. The van der Waals surface area contributed by atoms with Crippen molar-refractivity contribution in [3.8, 4) is 0 Å². The Morgan fingerprint density at radius 1 is 1.44 bits per heavy atom. The largest absolute Gasteiger partial charge is 0.393 e. The number of fused-ring (bicyclic) bond motifs is 1. The first-order chi connectivity index (χ1) is 7.72. The van der Waals surface area contributed by atoms with Gasteiger partial charge in [-0.15, -0.1) is 0 Å². The van der Waals surface area contributed by atoms with Crippen molar-refractivity contribution < 1.29 is 5.11 Å². The Labute approximate surface area is 96.1 Å². The molecule has 1 saturated carbocycles. The molecule has 0 radical (unpaired) electrons. The molecule has 0 amide bonds. The van der Waals surface area contributed by atoms with Crippen molar-refractivity contribution in [2.24, 2.45) is 0 Å². The van der Waals surface area contributed by atoms with Crippen LogP contribution in [-0.2, 0) is 0 Å². The van der Waals surface area contributed by atoms with Gasteiger partial charge in [-0.05, 0) is 24.4 Å². The van der Waals surface area contributed by atoms with E-state index in [9.17, 15) is 5.11 Å². The van der Waals surface area contributed by atoms with Crippen LogP contribution in [0.4, 0.5) is 5.82 Å². The lowest BCUT2D eigenvalue weighted by Crippen LogP contribution is -2.39. The summed E-state index contributed by atoms with van der Waals surface area (Å²) < 4.78 is 0. The third-order valence-corrected chi connectivity index (χ3v) is 2.88. The smallest absolute Gasteiger partial charge is 0.226 e. The molecule has 0 atom stereocenters. The van der Waals surface area contributed by atoms with Crippen molar-refractivity contribution in [2.75, 3.05) is 5.32 Å². The number of aliphatic hydroxyl groups excluding tert-OH is 1. The molecule has 0 aromatic carbocycles. The summed E-state index contributed by atoms with van der Waals surface area (Å²) >= 11 is 5.79. The van der Waals surface area contributed by atoms with Crippen LogP contribution in [-0.4, -0.2) is 37.2 Å². The summed E-state index contributed by atoms with van der Waals surface area (Å²) in [7, 11) is 0. The van der Waals surface area contributed by atoms with Gasteiger partial charge < -0.3 is 15.4 Å². The lowest BCUT2D eigenvalue weighted by molar-refractivity contribution is 0.0836. The Kier molecular flexibility index (Phi) is 2.19. The van der Waals surface area contributed by atoms with E-state index >= 15 is 0 Å². The van der Waals surface area contributed by atoms with Gasteiger partial charge in [0.05, 0.1) is 12.4 Å². The number of nitrogens with zero attached hydrogens (tertiary/aromatic N) is 3. The van der Waals surface area contributed by atoms with Crippen molar-refractivity contribution in [3.63, 3.8) is 0 Å². The number of nitrogens with one attached hydrogen (secondary N) is 2. The van der Waals surface area contributed by atoms with Gasteiger partial charge in [0.1, 0.15) is 5.52 Å². The molecule has 0 saturated heterocycles. The molecule has 0 unspecified atom stereocenters. The fourth-order valence-electron chi connectivity index (χ4n) is 1.81. The highest BCUT2D eigenvalue weighted by Crippen LogP contribution is 2.26. The zero-order valence-corrected chi connectivity index (χ0v) is 9.07. The van der Waals surface area contributed by atoms with E-state index in [0.29, 0.717) is 11.5 Å². The summed E-state index contributed by atoms with van der Waals surface area (Å²) in [4.78, 5) is 15.1. The monoisotopic (exact) mass is 239 g/mol. The Bertz CT molecular complexity index is 522. The molecule has 6 nitrogen and oxygen atoms in total. The maximum Gasteiger partial charge on any atom is 0.226 e. The first kappa shape index (κ1) is 9.80. The quantitative estimate of drug-likeness (QED) is 0.679. The van der Waals surface area contributed by atoms with Crippen molar-refractivity contribution in [1.82, 2.24) is 19.9 Å². The summed E-state index contributed by atoms with van der Waals surface area (Å²) in [6.07, 6.45) is 2.82. The van der Waals surface area contributed by atoms with Crippen LogP contribution in [0.15, 0.2) is 6.33 Å². The molecule has 0 aliphatic heterocycles. The standard InChI is InChI=1S/C9H10ClN5O/c10-9-14-7-6(11-3-12-7)8(15-9)13-4-1-5(16)2-4/h3-5,16H,1-2H2,(H2,11,12,13,14,15). The third-order valence-electron chi connectivity index (χ3n) is 2.71. The van der Waals surface area contributed by atoms with Crippen LogP contribution >= 0.6 is 11.6 Å². The molecule has 84 valence electrons. The lowest BCUT2D eigenvalue weighted by atomic mass is 9.89. The highest BCUT2D eigenvalue weighted by atomic mass is 35.5. The second kappa shape index (κ2) is 3.57. The van der Waals surface area contributed by atoms with E-state index in [0.717, 1.165) is 18.4 Å². The Morgan fingerprint density at radius 3 is 3.00 bits per heavy atom. The lowest BCUT2D eigenvalue weighted by Gasteiger charge is -2.32. The molecular formula is C9H10ClN5O. The van der Waals surface area contributed by atoms with E-state index in [1.807, 2.05) is 0 Å². The number of hydrogen-bond acceptors (Lipinski definition) is 5. The van der Waals surface area contributed by atoms with Crippen molar-refractivity contribution in [3.05, 3.63) is 11.6 Å². The molecule has 7 heteroatoms.